The van der Waals surface area contributed by atoms with E-state index >= 15 is 0 Å². The van der Waals surface area contributed by atoms with Crippen LogP contribution in [0.15, 0.2) is 53.0 Å². The summed E-state index contributed by atoms with van der Waals surface area (Å²) in [5, 5.41) is 1.02. The molecule has 100 valence electrons. The van der Waals surface area contributed by atoms with Crippen LogP contribution in [0, 0.1) is 6.92 Å². The number of pyridine rings is 1. The number of Topliss-reactive ketones (excluding diaryl/α,β-unsaturated/α-hetero) is 1. The van der Waals surface area contributed by atoms with Gasteiger partial charge in [-0.05, 0) is 24.6 Å². The molecule has 0 spiro atoms. The van der Waals surface area contributed by atoms with E-state index in [9.17, 15) is 4.79 Å². The van der Waals surface area contributed by atoms with Gasteiger partial charge in [-0.15, -0.1) is 23.5 Å². The van der Waals surface area contributed by atoms with E-state index in [0.717, 1.165) is 31.6 Å². The van der Waals surface area contributed by atoms with Gasteiger partial charge < -0.3 is 0 Å². The largest absolute Gasteiger partial charge is 0.289 e. The van der Waals surface area contributed by atoms with Crippen LogP contribution >= 0.6 is 23.5 Å². The molecule has 3 rings (SSSR count). The van der Waals surface area contributed by atoms with Gasteiger partial charge in [0.15, 0.2) is 5.78 Å². The number of ketones is 1. The molecule has 1 fully saturated rings. The second-order valence-corrected chi connectivity index (χ2v) is 7.10. The van der Waals surface area contributed by atoms with Crippen molar-refractivity contribution in [1.82, 2.24) is 4.98 Å². The lowest BCUT2D eigenvalue weighted by Gasteiger charge is -2.20. The molecule has 1 aromatic heterocycles. The number of benzene rings is 1. The zero-order valence-corrected chi connectivity index (χ0v) is 12.6. The van der Waals surface area contributed by atoms with Gasteiger partial charge in [-0.1, -0.05) is 29.8 Å². The van der Waals surface area contributed by atoms with Crippen LogP contribution < -0.4 is 0 Å². The monoisotopic (exact) mass is 299 g/mol. The van der Waals surface area contributed by atoms with Crippen LogP contribution in [0.5, 0.6) is 0 Å². The first kappa shape index (κ1) is 13.5. The van der Waals surface area contributed by atoms with Crippen LogP contribution in [0.3, 0.4) is 0 Å². The van der Waals surface area contributed by atoms with Crippen molar-refractivity contribution >= 4 is 34.9 Å². The Hall–Kier alpha value is -1.52. The second-order valence-electron chi connectivity index (χ2n) is 4.50. The molecule has 1 aromatic carbocycles. The highest BCUT2D eigenvalue weighted by Gasteiger charge is 2.24. The Morgan fingerprint density at radius 2 is 1.65 bits per heavy atom. The maximum Gasteiger partial charge on any atom is 0.195 e. The molecule has 0 aliphatic carbocycles. The molecular formula is C16H13NOS2. The number of carbonyl (C=O) groups excluding carboxylic acids is 1. The van der Waals surface area contributed by atoms with Crippen molar-refractivity contribution in [3.63, 3.8) is 0 Å². The molecule has 1 saturated heterocycles. The third-order valence-corrected chi connectivity index (χ3v) is 5.68. The van der Waals surface area contributed by atoms with Crippen molar-refractivity contribution in [3.05, 3.63) is 69.7 Å². The van der Waals surface area contributed by atoms with Crippen molar-refractivity contribution in [1.29, 1.82) is 0 Å². The van der Waals surface area contributed by atoms with Gasteiger partial charge in [0.1, 0.15) is 0 Å². The van der Waals surface area contributed by atoms with Crippen molar-refractivity contribution in [2.24, 2.45) is 0 Å². The van der Waals surface area contributed by atoms with E-state index in [1.165, 1.54) is 0 Å². The minimum Gasteiger partial charge on any atom is -0.289 e. The van der Waals surface area contributed by atoms with Crippen LogP contribution in [0.25, 0.3) is 5.57 Å². The maximum absolute atomic E-state index is 12.8. The molecule has 0 bridgehead atoms. The van der Waals surface area contributed by atoms with Gasteiger partial charge in [0.25, 0.3) is 0 Å². The number of rotatable bonds is 3. The number of carbonyl (C=O) groups is 1. The van der Waals surface area contributed by atoms with Gasteiger partial charge in [0.2, 0.25) is 0 Å². The van der Waals surface area contributed by atoms with Crippen LogP contribution in [0.4, 0.5) is 0 Å². The molecule has 0 saturated carbocycles. The Morgan fingerprint density at radius 1 is 1.00 bits per heavy atom. The average molecular weight is 299 g/mol. The number of thioether (sulfide) groups is 2. The summed E-state index contributed by atoms with van der Waals surface area (Å²) < 4.78 is 1.11. The smallest absolute Gasteiger partial charge is 0.195 e. The van der Waals surface area contributed by atoms with Gasteiger partial charge in [-0.2, -0.15) is 0 Å². The average Bonchev–Trinajstić information content (AvgIpc) is 2.44. The summed E-state index contributed by atoms with van der Waals surface area (Å²) in [6.45, 7) is 2.02. The maximum atomic E-state index is 12.8. The fourth-order valence-corrected chi connectivity index (χ4v) is 3.62. The SMILES string of the molecule is Cc1ccc(C(=O)C(=C2SCS2)c2ccncc2)cc1. The first-order chi connectivity index (χ1) is 9.75. The topological polar surface area (TPSA) is 30.0 Å². The van der Waals surface area contributed by atoms with Crippen molar-refractivity contribution in [3.8, 4) is 0 Å². The van der Waals surface area contributed by atoms with E-state index in [2.05, 4.69) is 4.98 Å². The van der Waals surface area contributed by atoms with Gasteiger partial charge in [-0.3, -0.25) is 9.78 Å². The predicted molar refractivity (Wildman–Crippen MR) is 86.7 cm³/mol. The van der Waals surface area contributed by atoms with E-state index < -0.39 is 0 Å². The van der Waals surface area contributed by atoms with E-state index in [1.807, 2.05) is 43.3 Å². The molecule has 1 aliphatic rings. The summed E-state index contributed by atoms with van der Waals surface area (Å²) in [4.78, 5) is 16.8. The number of aromatic nitrogens is 1. The van der Waals surface area contributed by atoms with Gasteiger partial charge >= 0.3 is 0 Å². The quantitative estimate of drug-likeness (QED) is 0.621. The lowest BCUT2D eigenvalue weighted by Crippen LogP contribution is -2.07. The zero-order chi connectivity index (χ0) is 13.9. The fourth-order valence-electron chi connectivity index (χ4n) is 1.97. The summed E-state index contributed by atoms with van der Waals surface area (Å²) in [5.41, 5.74) is 3.65. The summed E-state index contributed by atoms with van der Waals surface area (Å²) >= 11 is 3.47. The standard InChI is InChI=1S/C16H13NOS2/c1-11-2-4-13(5-3-11)15(18)14(16-19-10-20-16)12-6-8-17-9-7-12/h2-9H,10H2,1H3. The Labute approximate surface area is 126 Å². The third-order valence-electron chi connectivity index (χ3n) is 3.09. The highest BCUT2D eigenvalue weighted by molar-refractivity contribution is 8.37. The fraction of sp³-hybridized carbons (Fsp3) is 0.125. The Bertz CT molecular complexity index is 657. The Kier molecular flexibility index (Phi) is 3.94. The molecule has 0 unspecified atom stereocenters. The number of aryl methyl sites for hydroxylation is 1. The minimum atomic E-state index is 0.0888. The second kappa shape index (κ2) is 5.85. The van der Waals surface area contributed by atoms with E-state index in [-0.39, 0.29) is 5.78 Å². The predicted octanol–water partition coefficient (Wildman–Crippen LogP) is 4.38. The Balaban J connectivity index is 2.03. The minimum absolute atomic E-state index is 0.0888. The molecular weight excluding hydrogens is 286 g/mol. The summed E-state index contributed by atoms with van der Waals surface area (Å²) in [5.74, 6) is 0.0888. The molecule has 0 radical (unpaired) electrons. The molecule has 0 amide bonds. The molecule has 2 nitrogen and oxygen atoms in total. The summed E-state index contributed by atoms with van der Waals surface area (Å²) in [7, 11) is 0. The third kappa shape index (κ3) is 2.67. The Morgan fingerprint density at radius 3 is 2.20 bits per heavy atom. The number of allylic oxidation sites excluding steroid dienone is 1. The van der Waals surface area contributed by atoms with Gasteiger partial charge in [-0.25, -0.2) is 0 Å². The first-order valence-corrected chi connectivity index (χ1v) is 8.24. The van der Waals surface area contributed by atoms with Crippen LogP contribution in [0.2, 0.25) is 0 Å². The van der Waals surface area contributed by atoms with E-state index in [0.29, 0.717) is 0 Å². The molecule has 0 atom stereocenters. The van der Waals surface area contributed by atoms with Crippen LogP contribution in [-0.4, -0.2) is 15.9 Å². The zero-order valence-electron chi connectivity index (χ0n) is 11.0. The van der Waals surface area contributed by atoms with E-state index in [4.69, 9.17) is 0 Å². The molecule has 2 heterocycles. The van der Waals surface area contributed by atoms with Crippen LogP contribution in [-0.2, 0) is 0 Å². The highest BCUT2D eigenvalue weighted by atomic mass is 32.3. The van der Waals surface area contributed by atoms with Crippen molar-refractivity contribution < 1.29 is 4.79 Å². The molecule has 2 aromatic rings. The normalized spacial score (nSPS) is 13.8. The van der Waals surface area contributed by atoms with Gasteiger partial charge in [0, 0.05) is 28.6 Å². The van der Waals surface area contributed by atoms with Crippen molar-refractivity contribution in [2.45, 2.75) is 6.92 Å². The molecule has 20 heavy (non-hydrogen) atoms. The van der Waals surface area contributed by atoms with Gasteiger partial charge in [0.05, 0.1) is 4.24 Å². The summed E-state index contributed by atoms with van der Waals surface area (Å²) in [6, 6.07) is 11.5. The highest BCUT2D eigenvalue weighted by Crippen LogP contribution is 2.48. The lowest BCUT2D eigenvalue weighted by atomic mass is 9.98. The van der Waals surface area contributed by atoms with Crippen LogP contribution in [0.1, 0.15) is 21.5 Å². The first-order valence-electron chi connectivity index (χ1n) is 6.27. The molecule has 4 heteroatoms. The molecule has 1 aliphatic heterocycles. The lowest BCUT2D eigenvalue weighted by molar-refractivity contribution is 0.105. The number of hydrogen-bond donors (Lipinski definition) is 0. The molecule has 0 N–H and O–H groups in total. The van der Waals surface area contributed by atoms with Crippen molar-refractivity contribution in [2.75, 3.05) is 5.08 Å². The summed E-state index contributed by atoms with van der Waals surface area (Å²) in [6.07, 6.45) is 3.46. The number of hydrogen-bond acceptors (Lipinski definition) is 4. The van der Waals surface area contributed by atoms with E-state index in [1.54, 1.807) is 35.9 Å². The number of nitrogens with zero attached hydrogens (tertiary/aromatic N) is 1.